The van der Waals surface area contributed by atoms with E-state index in [-0.39, 0.29) is 11.0 Å². The minimum atomic E-state index is -1.87. The van der Waals surface area contributed by atoms with Crippen molar-refractivity contribution in [3.05, 3.63) is 24.3 Å². The lowest BCUT2D eigenvalue weighted by molar-refractivity contribution is -0.654. The molecule has 0 aliphatic rings. The standard InChI is InChI=1S/C17H28N2O2Si2/c1-17(2,3)23(7,8)14-12-10-9-11-13(14)19-15(22(4,5)6)16(20)21-18-19/h9-12H,1-8H3. The first-order valence-corrected chi connectivity index (χ1v) is 14.6. The summed E-state index contributed by atoms with van der Waals surface area (Å²) in [6.45, 7) is 18.1. The van der Waals surface area contributed by atoms with Gasteiger partial charge in [0.25, 0.3) is 0 Å². The largest absolute Gasteiger partial charge is 0.539 e. The summed E-state index contributed by atoms with van der Waals surface area (Å²) >= 11 is 0. The molecule has 0 saturated heterocycles. The molecule has 0 saturated carbocycles. The summed E-state index contributed by atoms with van der Waals surface area (Å²) in [5, 5.41) is 18.5. The molecule has 0 bridgehead atoms. The van der Waals surface area contributed by atoms with Crippen LogP contribution in [0.3, 0.4) is 0 Å². The van der Waals surface area contributed by atoms with E-state index in [0.717, 1.165) is 11.0 Å². The van der Waals surface area contributed by atoms with E-state index < -0.39 is 16.1 Å². The molecule has 6 heteroatoms. The van der Waals surface area contributed by atoms with E-state index in [9.17, 15) is 5.11 Å². The fraction of sp³-hybridized carbons (Fsp3) is 0.529. The Morgan fingerprint density at radius 1 is 1.04 bits per heavy atom. The Morgan fingerprint density at radius 2 is 1.61 bits per heavy atom. The summed E-state index contributed by atoms with van der Waals surface area (Å²) < 4.78 is 6.81. The van der Waals surface area contributed by atoms with Crippen molar-refractivity contribution in [3.63, 3.8) is 0 Å². The second kappa shape index (κ2) is 5.59. The third-order valence-corrected chi connectivity index (χ3v) is 12.4. The van der Waals surface area contributed by atoms with Crippen LogP contribution in [-0.4, -0.2) is 21.4 Å². The number of rotatable bonds is 3. The van der Waals surface area contributed by atoms with Gasteiger partial charge in [0.1, 0.15) is 5.95 Å². The minimum Gasteiger partial charge on any atom is -0.539 e. The van der Waals surface area contributed by atoms with Crippen molar-refractivity contribution >= 4 is 26.7 Å². The fourth-order valence-electron chi connectivity index (χ4n) is 2.63. The highest BCUT2D eigenvalue weighted by molar-refractivity contribution is 6.92. The summed E-state index contributed by atoms with van der Waals surface area (Å²) in [7, 11) is -3.64. The Labute approximate surface area is 141 Å². The lowest BCUT2D eigenvalue weighted by atomic mass is 10.2. The summed E-state index contributed by atoms with van der Waals surface area (Å²) in [6.07, 6.45) is 0. The lowest BCUT2D eigenvalue weighted by Crippen LogP contribution is -2.63. The maximum atomic E-state index is 12.2. The van der Waals surface area contributed by atoms with Crippen molar-refractivity contribution in [2.24, 2.45) is 0 Å². The molecule has 0 aliphatic heterocycles. The molecule has 1 heterocycles. The van der Waals surface area contributed by atoms with Gasteiger partial charge in [-0.1, -0.05) is 71.7 Å². The predicted molar refractivity (Wildman–Crippen MR) is 97.3 cm³/mol. The highest BCUT2D eigenvalue weighted by Crippen LogP contribution is 2.36. The van der Waals surface area contributed by atoms with Gasteiger partial charge in [-0.15, -0.1) is 0 Å². The normalized spacial score (nSPS) is 13.4. The van der Waals surface area contributed by atoms with Crippen LogP contribution >= 0.6 is 0 Å². The van der Waals surface area contributed by atoms with E-state index in [1.165, 1.54) is 5.19 Å². The first-order chi connectivity index (χ1) is 10.4. The van der Waals surface area contributed by atoms with Gasteiger partial charge >= 0.3 is 0 Å². The van der Waals surface area contributed by atoms with Gasteiger partial charge in [-0.2, -0.15) is 0 Å². The van der Waals surface area contributed by atoms with Crippen molar-refractivity contribution < 1.29 is 14.3 Å². The van der Waals surface area contributed by atoms with Gasteiger partial charge in [-0.3, -0.25) is 0 Å². The molecular weight excluding hydrogens is 320 g/mol. The van der Waals surface area contributed by atoms with Crippen molar-refractivity contribution in [1.82, 2.24) is 5.27 Å². The van der Waals surface area contributed by atoms with E-state index in [4.69, 9.17) is 4.52 Å². The molecule has 1 aromatic heterocycles. The first kappa shape index (κ1) is 17.9. The highest BCUT2D eigenvalue weighted by Gasteiger charge is 2.42. The van der Waals surface area contributed by atoms with Gasteiger partial charge in [0.05, 0.1) is 13.3 Å². The van der Waals surface area contributed by atoms with Crippen molar-refractivity contribution in [1.29, 1.82) is 0 Å². The van der Waals surface area contributed by atoms with Crippen LogP contribution in [0.25, 0.3) is 5.69 Å². The molecule has 4 nitrogen and oxygen atoms in total. The summed E-state index contributed by atoms with van der Waals surface area (Å²) in [6, 6.07) is 8.33. The van der Waals surface area contributed by atoms with Crippen LogP contribution in [0.2, 0.25) is 37.8 Å². The van der Waals surface area contributed by atoms with Gasteiger partial charge in [-0.25, -0.2) is 0 Å². The number of nitrogens with zero attached hydrogens (tertiary/aromatic N) is 2. The molecule has 1 aromatic carbocycles. The zero-order valence-electron chi connectivity index (χ0n) is 15.5. The average molecular weight is 349 g/mol. The maximum absolute atomic E-state index is 12.2. The van der Waals surface area contributed by atoms with Crippen LogP contribution in [0.1, 0.15) is 20.8 Å². The Morgan fingerprint density at radius 3 is 2.13 bits per heavy atom. The van der Waals surface area contributed by atoms with Crippen molar-refractivity contribution in [2.75, 3.05) is 0 Å². The number of hydrogen-bond donors (Lipinski definition) is 0. The molecule has 0 N–H and O–H groups in total. The second-order valence-corrected chi connectivity index (χ2v) is 19.0. The van der Waals surface area contributed by atoms with Gasteiger partial charge in [0, 0.05) is 11.3 Å². The molecule has 0 unspecified atom stereocenters. The van der Waals surface area contributed by atoms with Crippen LogP contribution in [0.15, 0.2) is 28.8 Å². The van der Waals surface area contributed by atoms with Crippen LogP contribution in [0, 0.1) is 0 Å². The van der Waals surface area contributed by atoms with Crippen LogP contribution in [0.5, 0.6) is 5.95 Å². The molecule has 2 rings (SSSR count). The first-order valence-electron chi connectivity index (χ1n) is 8.07. The van der Waals surface area contributed by atoms with Gasteiger partial charge in [0.2, 0.25) is 11.0 Å². The number of hydrogen-bond acceptors (Lipinski definition) is 3. The minimum absolute atomic E-state index is 0.201. The molecular formula is C17H28N2O2Si2. The molecule has 0 atom stereocenters. The van der Waals surface area contributed by atoms with E-state index >= 15 is 0 Å². The van der Waals surface area contributed by atoms with Crippen LogP contribution in [-0.2, 0) is 0 Å². The summed E-state index contributed by atoms with van der Waals surface area (Å²) in [5.41, 5.74) is 1.00. The number of para-hydroxylation sites is 1. The van der Waals surface area contributed by atoms with Crippen molar-refractivity contribution in [3.8, 4) is 11.6 Å². The summed E-state index contributed by atoms with van der Waals surface area (Å²) in [5.74, 6) is -0.297. The van der Waals surface area contributed by atoms with Crippen LogP contribution < -0.4 is 20.3 Å². The third-order valence-electron chi connectivity index (χ3n) is 5.00. The molecule has 23 heavy (non-hydrogen) atoms. The fourth-order valence-corrected chi connectivity index (χ4v) is 6.23. The van der Waals surface area contributed by atoms with Crippen molar-refractivity contribution in [2.45, 2.75) is 58.5 Å². The zero-order chi connectivity index (χ0) is 17.6. The zero-order valence-corrected chi connectivity index (χ0v) is 17.5. The monoisotopic (exact) mass is 348 g/mol. The topological polar surface area (TPSA) is 53.0 Å². The summed E-state index contributed by atoms with van der Waals surface area (Å²) in [4.78, 5) is 0. The SMILES string of the molecule is CC(C)(C)[Si](C)(C)c1ccccc1-[n+]1noc([O-])c1[Si](C)(C)C. The van der Waals surface area contributed by atoms with E-state index in [0.29, 0.717) is 0 Å². The quantitative estimate of drug-likeness (QED) is 0.632. The van der Waals surface area contributed by atoms with Gasteiger partial charge in [0.15, 0.2) is 8.07 Å². The Hall–Kier alpha value is -1.41. The Kier molecular flexibility index (Phi) is 4.36. The highest BCUT2D eigenvalue weighted by atomic mass is 28.3. The number of aromatic nitrogens is 2. The Bertz CT molecular complexity index is 710. The third kappa shape index (κ3) is 3.14. The number of benzene rings is 1. The molecule has 0 fully saturated rings. The predicted octanol–water partition coefficient (Wildman–Crippen LogP) is 2.29. The second-order valence-electron chi connectivity index (χ2n) is 8.76. The molecule has 2 aromatic rings. The maximum Gasteiger partial charge on any atom is 0.238 e. The smallest absolute Gasteiger partial charge is 0.238 e. The van der Waals surface area contributed by atoms with E-state index in [1.807, 2.05) is 6.07 Å². The molecule has 0 spiro atoms. The Balaban J connectivity index is 2.74. The van der Waals surface area contributed by atoms with Crippen LogP contribution in [0.4, 0.5) is 0 Å². The van der Waals surface area contributed by atoms with Gasteiger partial charge < -0.3 is 9.63 Å². The molecule has 0 amide bonds. The molecule has 0 radical (unpaired) electrons. The van der Waals surface area contributed by atoms with Gasteiger partial charge in [-0.05, 0) is 9.72 Å². The van der Waals surface area contributed by atoms with E-state index in [1.54, 1.807) is 4.68 Å². The van der Waals surface area contributed by atoms with E-state index in [2.05, 4.69) is 77.0 Å². The average Bonchev–Trinajstić information content (AvgIpc) is 2.79. The molecule has 0 aliphatic carbocycles. The molecule has 126 valence electrons. The lowest BCUT2D eigenvalue weighted by Gasteiger charge is -2.37.